The zero-order chi connectivity index (χ0) is 15.9. The van der Waals surface area contributed by atoms with Gasteiger partial charge in [0.1, 0.15) is 12.4 Å². The van der Waals surface area contributed by atoms with Gasteiger partial charge in [0.15, 0.2) is 0 Å². The molecule has 0 saturated carbocycles. The molecule has 5 rings (SSSR count). The molecule has 2 aliphatic heterocycles. The summed E-state index contributed by atoms with van der Waals surface area (Å²) in [4.78, 5) is 3.68. The number of aromatic amines is 1. The Morgan fingerprint density at radius 2 is 1.92 bits per heavy atom. The molecule has 0 aliphatic carbocycles. The topological polar surface area (TPSA) is 37.0 Å². The summed E-state index contributed by atoms with van der Waals surface area (Å²) in [6.45, 7) is 0.605. The van der Waals surface area contributed by atoms with Crippen molar-refractivity contribution in [1.82, 2.24) is 10.3 Å². The van der Waals surface area contributed by atoms with Gasteiger partial charge in [0.2, 0.25) is 0 Å². The molecule has 2 aliphatic rings. The van der Waals surface area contributed by atoms with Crippen molar-refractivity contribution in [3.63, 3.8) is 0 Å². The van der Waals surface area contributed by atoms with E-state index in [1.165, 1.54) is 41.5 Å². The highest BCUT2D eigenvalue weighted by Crippen LogP contribution is 2.41. The molecule has 1 fully saturated rings. The molecule has 122 valence electrons. The first-order valence-corrected chi connectivity index (χ1v) is 8.95. The number of nitrogens with one attached hydrogen (secondary N) is 2. The Labute approximate surface area is 142 Å². The zero-order valence-corrected chi connectivity index (χ0v) is 13.7. The van der Waals surface area contributed by atoms with Crippen LogP contribution in [0.3, 0.4) is 0 Å². The molecular weight excluding hydrogens is 296 g/mol. The number of para-hydroxylation sites is 1. The molecule has 0 unspecified atom stereocenters. The van der Waals surface area contributed by atoms with Gasteiger partial charge in [-0.3, -0.25) is 0 Å². The predicted octanol–water partition coefficient (Wildman–Crippen LogP) is 4.49. The molecule has 0 amide bonds. The lowest BCUT2D eigenvalue weighted by atomic mass is 9.84. The van der Waals surface area contributed by atoms with Crippen molar-refractivity contribution < 1.29 is 4.74 Å². The van der Waals surface area contributed by atoms with E-state index < -0.39 is 0 Å². The van der Waals surface area contributed by atoms with Crippen LogP contribution in [0.4, 0.5) is 0 Å². The minimum atomic E-state index is 0.505. The van der Waals surface area contributed by atoms with Crippen LogP contribution in [0.2, 0.25) is 0 Å². The highest BCUT2D eigenvalue weighted by atomic mass is 16.5. The Morgan fingerprint density at radius 3 is 2.83 bits per heavy atom. The van der Waals surface area contributed by atoms with Crippen LogP contribution in [-0.2, 0) is 13.0 Å². The molecule has 1 aromatic heterocycles. The molecule has 0 spiro atoms. The fourth-order valence-corrected chi connectivity index (χ4v) is 4.33. The van der Waals surface area contributed by atoms with E-state index in [-0.39, 0.29) is 0 Å². The molecule has 3 heteroatoms. The number of piperidine rings is 1. The summed E-state index contributed by atoms with van der Waals surface area (Å²) in [6.07, 6.45) is 4.98. The zero-order valence-electron chi connectivity index (χ0n) is 13.7. The molecule has 2 atom stereocenters. The minimum Gasteiger partial charge on any atom is -0.487 e. The Balaban J connectivity index is 1.52. The first-order chi connectivity index (χ1) is 11.9. The van der Waals surface area contributed by atoms with Crippen molar-refractivity contribution in [2.75, 3.05) is 0 Å². The van der Waals surface area contributed by atoms with E-state index in [0.717, 1.165) is 17.7 Å². The van der Waals surface area contributed by atoms with E-state index in [9.17, 15) is 0 Å². The van der Waals surface area contributed by atoms with Gasteiger partial charge in [0, 0.05) is 29.6 Å². The number of H-pyrrole nitrogens is 1. The van der Waals surface area contributed by atoms with Gasteiger partial charge in [-0.2, -0.15) is 0 Å². The highest BCUT2D eigenvalue weighted by Gasteiger charge is 2.32. The largest absolute Gasteiger partial charge is 0.487 e. The van der Waals surface area contributed by atoms with E-state index in [2.05, 4.69) is 52.8 Å². The van der Waals surface area contributed by atoms with Gasteiger partial charge < -0.3 is 15.0 Å². The SMILES string of the molecule is c1ccc(COc2cccc3c4c([nH]c23)C[C@@H]2CCC[C@H]4N2)cc1. The quantitative estimate of drug-likeness (QED) is 0.747. The van der Waals surface area contributed by atoms with Crippen LogP contribution >= 0.6 is 0 Å². The summed E-state index contributed by atoms with van der Waals surface area (Å²) >= 11 is 0. The van der Waals surface area contributed by atoms with Crippen molar-refractivity contribution in [2.24, 2.45) is 0 Å². The Kier molecular flexibility index (Phi) is 3.34. The van der Waals surface area contributed by atoms with Crippen LogP contribution in [0.25, 0.3) is 10.9 Å². The maximum Gasteiger partial charge on any atom is 0.143 e. The van der Waals surface area contributed by atoms with Gasteiger partial charge in [-0.1, -0.05) is 42.5 Å². The first kappa shape index (κ1) is 14.1. The van der Waals surface area contributed by atoms with Gasteiger partial charge in [-0.15, -0.1) is 0 Å². The van der Waals surface area contributed by atoms with E-state index in [0.29, 0.717) is 18.7 Å². The molecule has 3 heterocycles. The predicted molar refractivity (Wildman–Crippen MR) is 96.3 cm³/mol. The second-order valence-corrected chi connectivity index (χ2v) is 7.02. The normalized spacial score (nSPS) is 22.3. The van der Waals surface area contributed by atoms with Gasteiger partial charge >= 0.3 is 0 Å². The molecular formula is C21H22N2O. The second-order valence-electron chi connectivity index (χ2n) is 7.02. The summed E-state index contributed by atoms with van der Waals surface area (Å²) in [5, 5.41) is 5.13. The molecule has 24 heavy (non-hydrogen) atoms. The van der Waals surface area contributed by atoms with Crippen LogP contribution < -0.4 is 10.1 Å². The van der Waals surface area contributed by atoms with Gasteiger partial charge in [0.05, 0.1) is 5.52 Å². The summed E-state index contributed by atoms with van der Waals surface area (Å²) in [5.41, 5.74) is 5.25. The summed E-state index contributed by atoms with van der Waals surface area (Å²) in [5.74, 6) is 0.959. The highest BCUT2D eigenvalue weighted by molar-refractivity contribution is 5.90. The van der Waals surface area contributed by atoms with Crippen LogP contribution in [0.1, 0.15) is 42.1 Å². The maximum atomic E-state index is 6.14. The van der Waals surface area contributed by atoms with Crippen LogP contribution in [0.5, 0.6) is 5.75 Å². The van der Waals surface area contributed by atoms with E-state index >= 15 is 0 Å². The molecule has 1 saturated heterocycles. The van der Waals surface area contributed by atoms with Gasteiger partial charge in [-0.05, 0) is 36.5 Å². The Hall–Kier alpha value is -2.26. The van der Waals surface area contributed by atoms with Crippen LogP contribution in [-0.4, -0.2) is 11.0 Å². The van der Waals surface area contributed by atoms with Crippen molar-refractivity contribution in [1.29, 1.82) is 0 Å². The van der Waals surface area contributed by atoms with Crippen LogP contribution in [0, 0.1) is 0 Å². The summed E-state index contributed by atoms with van der Waals surface area (Å²) in [7, 11) is 0. The average molecular weight is 318 g/mol. The number of hydrogen-bond donors (Lipinski definition) is 2. The monoisotopic (exact) mass is 318 g/mol. The maximum absolute atomic E-state index is 6.14. The lowest BCUT2D eigenvalue weighted by molar-refractivity contribution is 0.302. The minimum absolute atomic E-state index is 0.505. The Bertz CT molecular complexity index is 868. The number of rotatable bonds is 3. The third kappa shape index (κ3) is 2.31. The Morgan fingerprint density at radius 1 is 1.00 bits per heavy atom. The smallest absolute Gasteiger partial charge is 0.143 e. The number of benzene rings is 2. The third-order valence-corrected chi connectivity index (χ3v) is 5.44. The molecule has 2 N–H and O–H groups in total. The molecule has 2 aromatic carbocycles. The van der Waals surface area contributed by atoms with Gasteiger partial charge in [0.25, 0.3) is 0 Å². The number of aromatic nitrogens is 1. The number of fused-ring (bicyclic) bond motifs is 6. The van der Waals surface area contributed by atoms with Crippen molar-refractivity contribution in [2.45, 2.75) is 44.4 Å². The number of hydrogen-bond acceptors (Lipinski definition) is 2. The standard InChI is InChI=1S/C21H22N2O/c1-2-6-14(7-3-1)13-24-19-11-5-9-16-20-17-10-4-8-15(22-17)12-18(20)23-21(16)19/h1-3,5-7,9,11,15,17,22-23H,4,8,10,12-13H2/t15-,17+/m0/s1. The lowest BCUT2D eigenvalue weighted by Gasteiger charge is -2.36. The number of ether oxygens (including phenoxy) is 1. The molecule has 3 aromatic rings. The fraction of sp³-hybridized carbons (Fsp3) is 0.333. The van der Waals surface area contributed by atoms with Crippen LogP contribution in [0.15, 0.2) is 48.5 Å². The van der Waals surface area contributed by atoms with Crippen molar-refractivity contribution in [3.05, 3.63) is 65.4 Å². The van der Waals surface area contributed by atoms with E-state index in [1.54, 1.807) is 0 Å². The summed E-state index contributed by atoms with van der Waals surface area (Å²) < 4.78 is 6.14. The van der Waals surface area contributed by atoms with Crippen molar-refractivity contribution in [3.8, 4) is 5.75 Å². The van der Waals surface area contributed by atoms with E-state index in [4.69, 9.17) is 4.74 Å². The average Bonchev–Trinajstić information content (AvgIpc) is 3.00. The van der Waals surface area contributed by atoms with Gasteiger partial charge in [-0.25, -0.2) is 0 Å². The fourth-order valence-electron chi connectivity index (χ4n) is 4.33. The second kappa shape index (κ2) is 5.67. The lowest BCUT2D eigenvalue weighted by Crippen LogP contribution is -2.42. The molecule has 3 nitrogen and oxygen atoms in total. The van der Waals surface area contributed by atoms with Crippen molar-refractivity contribution >= 4 is 10.9 Å². The third-order valence-electron chi connectivity index (χ3n) is 5.44. The molecule has 0 radical (unpaired) electrons. The first-order valence-electron chi connectivity index (χ1n) is 8.95. The summed E-state index contributed by atoms with van der Waals surface area (Å²) in [6, 6.07) is 17.9. The van der Waals surface area contributed by atoms with E-state index in [1.807, 2.05) is 6.07 Å². The molecule has 2 bridgehead atoms.